The standard InChI is InChI=1S/C56H35F6N/c1-29-17-18-31-11-7-15-40-41-16-8-12-32-19-20-35(53(52(32)41)49(29)51(31)40)27-63-28-44-43(37-25-47(59)56(62)48(60)26-37)22-34-10-4-6-14-39(34)54(44)50-30(2)42(21-33-9-3-5-13-38(33)50)36-23-45(57)55(61)46(58)24-36/h3-26,63H,27-28H2,1-2H3/p+1. The minimum Gasteiger partial charge on any atom is -0.339 e. The number of fused-ring (bicyclic) bond motifs is 4. The van der Waals surface area contributed by atoms with E-state index >= 15 is 8.78 Å². The third-order valence-electron chi connectivity index (χ3n) is 12.9. The Labute approximate surface area is 358 Å². The lowest BCUT2D eigenvalue weighted by Gasteiger charge is -2.23. The highest BCUT2D eigenvalue weighted by Crippen LogP contribution is 2.47. The molecule has 0 unspecified atom stereocenters. The van der Waals surface area contributed by atoms with Gasteiger partial charge in [0.15, 0.2) is 34.9 Å². The molecule has 0 amide bonds. The van der Waals surface area contributed by atoms with E-state index in [2.05, 4.69) is 72.9 Å². The van der Waals surface area contributed by atoms with E-state index in [-0.39, 0.29) is 11.1 Å². The Kier molecular flexibility index (Phi) is 9.03. The Bertz CT molecular complexity index is 3660. The van der Waals surface area contributed by atoms with Crippen LogP contribution in [0.2, 0.25) is 0 Å². The van der Waals surface area contributed by atoms with E-state index < -0.39 is 34.9 Å². The van der Waals surface area contributed by atoms with Crippen molar-refractivity contribution in [1.29, 1.82) is 0 Å². The van der Waals surface area contributed by atoms with Gasteiger partial charge in [0.25, 0.3) is 0 Å². The van der Waals surface area contributed by atoms with E-state index in [1.807, 2.05) is 67.6 Å². The zero-order chi connectivity index (χ0) is 43.3. The highest BCUT2D eigenvalue weighted by molar-refractivity contribution is 6.34. The predicted octanol–water partition coefficient (Wildman–Crippen LogP) is 14.8. The summed E-state index contributed by atoms with van der Waals surface area (Å²) in [6.07, 6.45) is 0. The molecule has 0 atom stereocenters. The normalized spacial score (nSPS) is 12.0. The molecule has 11 aromatic rings. The number of rotatable bonds is 7. The fourth-order valence-corrected chi connectivity index (χ4v) is 10.1. The van der Waals surface area contributed by atoms with Gasteiger partial charge in [0.1, 0.15) is 13.1 Å². The van der Waals surface area contributed by atoms with Gasteiger partial charge in [-0.05, 0) is 159 Å². The zero-order valence-electron chi connectivity index (χ0n) is 34.1. The number of aryl methyl sites for hydroxylation is 1. The van der Waals surface area contributed by atoms with Gasteiger partial charge in [-0.2, -0.15) is 0 Å². The molecule has 0 spiro atoms. The van der Waals surface area contributed by atoms with Crippen molar-refractivity contribution in [2.45, 2.75) is 26.9 Å². The molecule has 0 saturated carbocycles. The summed E-state index contributed by atoms with van der Waals surface area (Å²) in [5.41, 5.74) is 6.46. The topological polar surface area (TPSA) is 16.6 Å². The first-order chi connectivity index (χ1) is 30.6. The molecule has 0 saturated heterocycles. The molecule has 1 nitrogen and oxygen atoms in total. The van der Waals surface area contributed by atoms with Gasteiger partial charge < -0.3 is 5.32 Å². The van der Waals surface area contributed by atoms with Crippen molar-refractivity contribution in [1.82, 2.24) is 0 Å². The lowest BCUT2D eigenvalue weighted by molar-refractivity contribution is -0.685. The minimum absolute atomic E-state index is 0.156. The third-order valence-corrected chi connectivity index (χ3v) is 12.9. The monoisotopic (exact) mass is 836 g/mol. The number of hydrogen-bond donors (Lipinski definition) is 1. The van der Waals surface area contributed by atoms with Crippen LogP contribution in [0.1, 0.15) is 22.3 Å². The molecule has 0 heterocycles. The molecular weight excluding hydrogens is 801 g/mol. The first-order valence-electron chi connectivity index (χ1n) is 20.8. The van der Waals surface area contributed by atoms with Gasteiger partial charge >= 0.3 is 0 Å². The molecule has 2 N–H and O–H groups in total. The van der Waals surface area contributed by atoms with Crippen LogP contribution in [0.4, 0.5) is 26.3 Å². The molecule has 11 rings (SSSR count). The highest BCUT2D eigenvalue weighted by Gasteiger charge is 2.26. The van der Waals surface area contributed by atoms with Crippen LogP contribution in [0, 0.1) is 48.8 Å². The van der Waals surface area contributed by atoms with Crippen LogP contribution >= 0.6 is 0 Å². The highest BCUT2D eigenvalue weighted by atomic mass is 19.2. The lowest BCUT2D eigenvalue weighted by Crippen LogP contribution is -2.80. The van der Waals surface area contributed by atoms with Crippen molar-refractivity contribution in [3.05, 3.63) is 203 Å². The van der Waals surface area contributed by atoms with Crippen LogP contribution in [-0.2, 0) is 13.1 Å². The van der Waals surface area contributed by atoms with E-state index in [0.717, 1.165) is 78.8 Å². The smallest absolute Gasteiger partial charge is 0.194 e. The Morgan fingerprint density at radius 1 is 0.397 bits per heavy atom. The Hall–Kier alpha value is -7.22. The second kappa shape index (κ2) is 14.7. The number of hydrogen-bond acceptors (Lipinski definition) is 0. The van der Waals surface area contributed by atoms with Crippen LogP contribution in [-0.4, -0.2) is 0 Å². The first-order valence-corrected chi connectivity index (χ1v) is 20.8. The molecule has 63 heavy (non-hydrogen) atoms. The second-order valence-electron chi connectivity index (χ2n) is 16.5. The maximum atomic E-state index is 15.2. The van der Waals surface area contributed by atoms with Gasteiger partial charge in [0.2, 0.25) is 0 Å². The summed E-state index contributed by atoms with van der Waals surface area (Å²) < 4.78 is 89.2. The Morgan fingerprint density at radius 3 is 1.48 bits per heavy atom. The summed E-state index contributed by atoms with van der Waals surface area (Å²) in [4.78, 5) is 0. The molecule has 306 valence electrons. The number of quaternary nitrogens is 1. The second-order valence-corrected chi connectivity index (χ2v) is 16.5. The Morgan fingerprint density at radius 2 is 0.873 bits per heavy atom. The van der Waals surface area contributed by atoms with E-state index in [0.29, 0.717) is 29.8 Å². The summed E-state index contributed by atoms with van der Waals surface area (Å²) in [6, 6.07) is 44.6. The maximum Gasteiger partial charge on any atom is 0.194 e. The van der Waals surface area contributed by atoms with E-state index in [4.69, 9.17) is 0 Å². The molecule has 0 aromatic heterocycles. The fourth-order valence-electron chi connectivity index (χ4n) is 10.1. The van der Waals surface area contributed by atoms with Crippen molar-refractivity contribution in [3.8, 4) is 33.4 Å². The van der Waals surface area contributed by atoms with Gasteiger partial charge in [-0.1, -0.05) is 109 Å². The number of nitrogens with two attached hydrogens (primary N) is 1. The molecule has 0 bridgehead atoms. The Balaban J connectivity index is 1.17. The third kappa shape index (κ3) is 6.05. The SMILES string of the molecule is Cc1c(-c2cc(F)c(F)c(F)c2)cc2ccccc2c1-c1c(C[NH2+]Cc2ccc3cccc4c5cccc6ccc(C)c(c2c34)c65)c(-c2cc(F)c(F)c(F)c2)cc2ccccc12. The lowest BCUT2D eigenvalue weighted by atomic mass is 9.81. The van der Waals surface area contributed by atoms with Crippen LogP contribution in [0.3, 0.4) is 0 Å². The van der Waals surface area contributed by atoms with Gasteiger partial charge in [0, 0.05) is 11.1 Å². The molecule has 0 radical (unpaired) electrons. The fraction of sp³-hybridized carbons (Fsp3) is 0.0714. The van der Waals surface area contributed by atoms with Gasteiger partial charge in [-0.15, -0.1) is 0 Å². The molecule has 11 aromatic carbocycles. The van der Waals surface area contributed by atoms with Crippen LogP contribution in [0.25, 0.3) is 98.0 Å². The van der Waals surface area contributed by atoms with E-state index in [1.54, 1.807) is 0 Å². The largest absolute Gasteiger partial charge is 0.339 e. The zero-order valence-corrected chi connectivity index (χ0v) is 34.1. The van der Waals surface area contributed by atoms with Crippen LogP contribution in [0.15, 0.2) is 146 Å². The van der Waals surface area contributed by atoms with Gasteiger partial charge in [-0.25, -0.2) is 26.3 Å². The average Bonchev–Trinajstić information content (AvgIpc) is 3.29. The van der Waals surface area contributed by atoms with Crippen molar-refractivity contribution < 1.29 is 31.7 Å². The van der Waals surface area contributed by atoms with E-state index in [9.17, 15) is 17.6 Å². The summed E-state index contributed by atoms with van der Waals surface area (Å²) in [5, 5.41) is 14.8. The van der Waals surface area contributed by atoms with Crippen LogP contribution in [0.5, 0.6) is 0 Å². The molecule has 0 aliphatic carbocycles. The van der Waals surface area contributed by atoms with Crippen LogP contribution < -0.4 is 5.32 Å². The van der Waals surface area contributed by atoms with Crippen molar-refractivity contribution in [2.24, 2.45) is 0 Å². The first kappa shape index (κ1) is 38.7. The molecule has 0 aliphatic rings. The molecule has 0 fully saturated rings. The van der Waals surface area contributed by atoms with E-state index in [1.165, 1.54) is 37.9 Å². The van der Waals surface area contributed by atoms with Crippen molar-refractivity contribution >= 4 is 64.6 Å². The molecule has 7 heteroatoms. The quantitative estimate of drug-likeness (QED) is 0.0713. The van der Waals surface area contributed by atoms with Crippen molar-refractivity contribution in [3.63, 3.8) is 0 Å². The van der Waals surface area contributed by atoms with Gasteiger partial charge in [-0.3, -0.25) is 0 Å². The summed E-state index contributed by atoms with van der Waals surface area (Å²) in [5.74, 6) is -8.35. The maximum absolute atomic E-state index is 15.2. The predicted molar refractivity (Wildman–Crippen MR) is 244 cm³/mol. The van der Waals surface area contributed by atoms with Crippen molar-refractivity contribution in [2.75, 3.05) is 0 Å². The van der Waals surface area contributed by atoms with Gasteiger partial charge in [0.05, 0.1) is 0 Å². The molecule has 0 aliphatic heterocycles. The minimum atomic E-state index is -1.56. The number of benzene rings is 11. The summed E-state index contributed by atoms with van der Waals surface area (Å²) in [6.45, 7) is 4.85. The number of halogens is 6. The summed E-state index contributed by atoms with van der Waals surface area (Å²) in [7, 11) is 0. The average molecular weight is 837 g/mol. The summed E-state index contributed by atoms with van der Waals surface area (Å²) >= 11 is 0. The molecular formula is C56H36F6N+.